The highest BCUT2D eigenvalue weighted by Crippen LogP contribution is 2.35. The second-order valence-electron chi connectivity index (χ2n) is 5.48. The summed E-state index contributed by atoms with van der Waals surface area (Å²) in [6.07, 6.45) is 3.59. The van der Waals surface area contributed by atoms with Gasteiger partial charge in [0.15, 0.2) is 0 Å². The molecular weight excluding hydrogens is 254 g/mol. The fourth-order valence-corrected chi connectivity index (χ4v) is 2.67. The molecule has 3 nitrogen and oxygen atoms in total. The third-order valence-corrected chi connectivity index (χ3v) is 4.09. The average Bonchev–Trinajstić information content (AvgIpc) is 2.36. The Kier molecular flexibility index (Phi) is 2.90. The first-order valence-corrected chi connectivity index (χ1v) is 6.96. The van der Waals surface area contributed by atoms with Crippen molar-refractivity contribution in [1.29, 1.82) is 0 Å². The van der Waals surface area contributed by atoms with Crippen molar-refractivity contribution in [2.45, 2.75) is 31.7 Å². The van der Waals surface area contributed by atoms with Crippen LogP contribution in [0, 0.1) is 0 Å². The lowest BCUT2D eigenvalue weighted by atomic mass is 9.78. The summed E-state index contributed by atoms with van der Waals surface area (Å²) < 4.78 is 0. The van der Waals surface area contributed by atoms with E-state index in [-0.39, 0.29) is 5.54 Å². The van der Waals surface area contributed by atoms with E-state index in [4.69, 9.17) is 18.0 Å². The molecule has 1 aromatic carbocycles. The molecule has 0 bridgehead atoms. The van der Waals surface area contributed by atoms with E-state index < -0.39 is 0 Å². The molecule has 1 aliphatic rings. The van der Waals surface area contributed by atoms with Gasteiger partial charge in [-0.25, -0.2) is 4.98 Å². The van der Waals surface area contributed by atoms with Gasteiger partial charge >= 0.3 is 0 Å². The Morgan fingerprint density at radius 3 is 2.74 bits per heavy atom. The molecule has 3 N–H and O–H groups in total. The first kappa shape index (κ1) is 12.4. The van der Waals surface area contributed by atoms with E-state index >= 15 is 0 Å². The number of para-hydroxylation sites is 1. The number of nitrogens with zero attached hydrogens (tertiary/aromatic N) is 1. The molecule has 1 fully saturated rings. The zero-order valence-corrected chi connectivity index (χ0v) is 11.8. The van der Waals surface area contributed by atoms with Crippen LogP contribution in [0.2, 0.25) is 0 Å². The van der Waals surface area contributed by atoms with Crippen molar-refractivity contribution in [3.05, 3.63) is 35.9 Å². The summed E-state index contributed by atoms with van der Waals surface area (Å²) in [7, 11) is 0. The largest absolute Gasteiger partial charge is 0.389 e. The maximum Gasteiger partial charge on any atom is 0.137 e. The molecule has 1 saturated carbocycles. The molecule has 4 heteroatoms. The third-order valence-electron chi connectivity index (χ3n) is 3.87. The number of nitrogens with two attached hydrogens (primary N) is 1. The molecule has 0 saturated heterocycles. The van der Waals surface area contributed by atoms with Gasteiger partial charge < -0.3 is 11.1 Å². The highest BCUT2D eigenvalue weighted by atomic mass is 32.1. The number of nitrogens with one attached hydrogen (secondary N) is 1. The van der Waals surface area contributed by atoms with Gasteiger partial charge in [0.1, 0.15) is 10.8 Å². The van der Waals surface area contributed by atoms with Gasteiger partial charge in [0, 0.05) is 10.9 Å². The molecule has 0 aliphatic heterocycles. The van der Waals surface area contributed by atoms with E-state index in [1.165, 1.54) is 6.42 Å². The van der Waals surface area contributed by atoms with Gasteiger partial charge in [0.25, 0.3) is 0 Å². The van der Waals surface area contributed by atoms with E-state index in [9.17, 15) is 0 Å². The smallest absolute Gasteiger partial charge is 0.137 e. The zero-order valence-electron chi connectivity index (χ0n) is 10.9. The number of thiocarbonyl (C=S) groups is 1. The highest BCUT2D eigenvalue weighted by molar-refractivity contribution is 7.80. The van der Waals surface area contributed by atoms with Crippen molar-refractivity contribution in [3.8, 4) is 0 Å². The lowest BCUT2D eigenvalue weighted by Gasteiger charge is -2.40. The van der Waals surface area contributed by atoms with E-state index in [1.54, 1.807) is 0 Å². The molecular formula is C15H17N3S. The quantitative estimate of drug-likeness (QED) is 0.842. The van der Waals surface area contributed by atoms with Crippen molar-refractivity contribution in [3.63, 3.8) is 0 Å². The highest BCUT2D eigenvalue weighted by Gasteiger charge is 2.32. The molecule has 0 unspecified atom stereocenters. The maximum absolute atomic E-state index is 5.84. The summed E-state index contributed by atoms with van der Waals surface area (Å²) in [5.41, 5.74) is 7.77. The van der Waals surface area contributed by atoms with Crippen molar-refractivity contribution < 1.29 is 0 Å². The van der Waals surface area contributed by atoms with Crippen molar-refractivity contribution in [2.24, 2.45) is 5.73 Å². The molecule has 0 amide bonds. The minimum atomic E-state index is 0.134. The van der Waals surface area contributed by atoms with E-state index in [0.717, 1.165) is 35.1 Å². The summed E-state index contributed by atoms with van der Waals surface area (Å²) in [4.78, 5) is 5.08. The van der Waals surface area contributed by atoms with Gasteiger partial charge in [-0.05, 0) is 38.3 Å². The minimum Gasteiger partial charge on any atom is -0.389 e. The van der Waals surface area contributed by atoms with Gasteiger partial charge in [0.2, 0.25) is 0 Å². The molecule has 2 aromatic rings. The van der Waals surface area contributed by atoms with Crippen LogP contribution in [-0.4, -0.2) is 15.5 Å². The van der Waals surface area contributed by atoms with Crippen LogP contribution in [0.1, 0.15) is 31.7 Å². The first-order valence-electron chi connectivity index (χ1n) is 6.55. The second kappa shape index (κ2) is 4.46. The van der Waals surface area contributed by atoms with Gasteiger partial charge in [-0.1, -0.05) is 30.4 Å². The fraction of sp³-hybridized carbons (Fsp3) is 0.333. The van der Waals surface area contributed by atoms with Crippen LogP contribution in [0.3, 0.4) is 0 Å². The Morgan fingerprint density at radius 1 is 1.37 bits per heavy atom. The number of anilines is 1. The van der Waals surface area contributed by atoms with Crippen LogP contribution in [0.15, 0.2) is 30.3 Å². The Hall–Kier alpha value is -1.68. The minimum absolute atomic E-state index is 0.134. The van der Waals surface area contributed by atoms with Gasteiger partial charge in [-0.2, -0.15) is 0 Å². The van der Waals surface area contributed by atoms with Crippen molar-refractivity contribution in [1.82, 2.24) is 4.98 Å². The summed E-state index contributed by atoms with van der Waals surface area (Å²) in [5.74, 6) is 0.813. The van der Waals surface area contributed by atoms with Crippen molar-refractivity contribution >= 4 is 33.9 Å². The molecule has 19 heavy (non-hydrogen) atoms. The molecule has 3 rings (SSSR count). The Labute approximate surface area is 118 Å². The first-order chi connectivity index (χ1) is 9.07. The summed E-state index contributed by atoms with van der Waals surface area (Å²) >= 11 is 5.15. The van der Waals surface area contributed by atoms with Gasteiger partial charge in [0.05, 0.1) is 11.1 Å². The van der Waals surface area contributed by atoms with Crippen molar-refractivity contribution in [2.75, 3.05) is 5.32 Å². The van der Waals surface area contributed by atoms with E-state index in [1.807, 2.05) is 30.3 Å². The number of hydrogen-bond donors (Lipinski definition) is 2. The third kappa shape index (κ3) is 2.28. The number of fused-ring (bicyclic) bond motifs is 1. The zero-order chi connectivity index (χ0) is 13.5. The van der Waals surface area contributed by atoms with Gasteiger partial charge in [-0.15, -0.1) is 0 Å². The summed E-state index contributed by atoms with van der Waals surface area (Å²) in [5, 5.41) is 4.58. The van der Waals surface area contributed by atoms with Crippen LogP contribution in [0.4, 0.5) is 5.82 Å². The lowest BCUT2D eigenvalue weighted by molar-refractivity contribution is 0.306. The maximum atomic E-state index is 5.84. The number of aromatic nitrogens is 1. The standard InChI is InChI=1S/C15H17N3S/c1-15(7-4-8-15)18-14-11(13(16)19)9-10-5-2-3-6-12(10)17-14/h2-3,5-6,9H,4,7-8H2,1H3,(H2,16,19)(H,17,18). The molecule has 1 aromatic heterocycles. The second-order valence-corrected chi connectivity index (χ2v) is 5.92. The molecule has 1 aliphatic carbocycles. The predicted molar refractivity (Wildman–Crippen MR) is 83.5 cm³/mol. The van der Waals surface area contributed by atoms with E-state index in [0.29, 0.717) is 4.99 Å². The average molecular weight is 271 g/mol. The van der Waals surface area contributed by atoms with Gasteiger partial charge in [-0.3, -0.25) is 0 Å². The number of pyridine rings is 1. The summed E-state index contributed by atoms with van der Waals surface area (Å²) in [6, 6.07) is 10.0. The van der Waals surface area contributed by atoms with Crippen LogP contribution >= 0.6 is 12.2 Å². The normalized spacial score (nSPS) is 16.9. The molecule has 0 spiro atoms. The molecule has 1 heterocycles. The van der Waals surface area contributed by atoms with Crippen LogP contribution < -0.4 is 11.1 Å². The Balaban J connectivity index is 2.09. The SMILES string of the molecule is CC1(Nc2nc3ccccc3cc2C(N)=S)CCC1. The predicted octanol–water partition coefficient (Wildman–Crippen LogP) is 3.22. The van der Waals surface area contributed by atoms with Crippen LogP contribution in [0.25, 0.3) is 10.9 Å². The number of benzene rings is 1. The number of rotatable bonds is 3. The lowest BCUT2D eigenvalue weighted by Crippen LogP contribution is -2.42. The van der Waals surface area contributed by atoms with Crippen LogP contribution in [0.5, 0.6) is 0 Å². The molecule has 0 radical (unpaired) electrons. The topological polar surface area (TPSA) is 50.9 Å². The molecule has 98 valence electrons. The Morgan fingerprint density at radius 2 is 2.11 bits per heavy atom. The monoisotopic (exact) mass is 271 g/mol. The van der Waals surface area contributed by atoms with E-state index in [2.05, 4.69) is 17.2 Å². The van der Waals surface area contributed by atoms with Crippen LogP contribution in [-0.2, 0) is 0 Å². The fourth-order valence-electron chi connectivity index (χ4n) is 2.52. The Bertz CT molecular complexity index is 647. The number of hydrogen-bond acceptors (Lipinski definition) is 3. The molecule has 0 atom stereocenters. The summed E-state index contributed by atoms with van der Waals surface area (Å²) in [6.45, 7) is 2.22.